The first-order chi connectivity index (χ1) is 28.4. The summed E-state index contributed by atoms with van der Waals surface area (Å²) < 4.78 is 25.0. The van der Waals surface area contributed by atoms with E-state index in [4.69, 9.17) is 18.3 Å². The summed E-state index contributed by atoms with van der Waals surface area (Å²) in [5.41, 5.74) is 12.8. The van der Waals surface area contributed by atoms with E-state index in [-0.39, 0.29) is 0 Å². The predicted molar refractivity (Wildman–Crippen MR) is 230 cm³/mol. The van der Waals surface area contributed by atoms with Crippen LogP contribution in [-0.2, 0) is 12.8 Å². The maximum atomic E-state index is 11.7. The number of ether oxygens (including phenoxy) is 2. The lowest BCUT2D eigenvalue weighted by Gasteiger charge is -2.09. The molecule has 0 aliphatic rings. The van der Waals surface area contributed by atoms with Crippen molar-refractivity contribution in [1.29, 1.82) is 0 Å². The molecule has 0 saturated carbocycles. The van der Waals surface area contributed by atoms with Crippen LogP contribution in [0.4, 0.5) is 0 Å². The van der Waals surface area contributed by atoms with E-state index in [2.05, 4.69) is 23.0 Å². The molecule has 8 aromatic rings. The van der Waals surface area contributed by atoms with Crippen LogP contribution in [0.1, 0.15) is 73.9 Å². The molecule has 0 aliphatic carbocycles. The summed E-state index contributed by atoms with van der Waals surface area (Å²) in [5, 5.41) is 21.0. The second kappa shape index (κ2) is 15.8. The molecule has 8 rings (SSSR count). The lowest BCUT2D eigenvalue weighted by molar-refractivity contribution is 0.0685. The van der Waals surface area contributed by atoms with E-state index in [0.29, 0.717) is 40.4 Å². The predicted octanol–water partition coefficient (Wildman–Crippen LogP) is 12.1. The van der Waals surface area contributed by atoms with Gasteiger partial charge in [0.1, 0.15) is 22.7 Å². The first-order valence-electron chi connectivity index (χ1n) is 19.8. The first-order valence-corrected chi connectivity index (χ1v) is 19.8. The molecule has 0 bridgehead atoms. The average molecular weight is 791 g/mol. The maximum absolute atomic E-state index is 11.7. The van der Waals surface area contributed by atoms with Crippen molar-refractivity contribution < 1.29 is 38.1 Å². The second-order valence-corrected chi connectivity index (χ2v) is 15.2. The molecule has 300 valence electrons. The Morgan fingerprint density at radius 1 is 0.627 bits per heavy atom. The van der Waals surface area contributed by atoms with Crippen molar-refractivity contribution in [2.45, 2.75) is 60.3 Å². The van der Waals surface area contributed by atoms with E-state index in [1.807, 2.05) is 94.4 Å². The molecule has 0 spiro atoms. The van der Waals surface area contributed by atoms with Gasteiger partial charge in [-0.25, -0.2) is 9.59 Å². The Kier molecular flexibility index (Phi) is 10.4. The number of aromatic carboxylic acids is 2. The molecule has 10 nitrogen and oxygen atoms in total. The number of aromatic nitrogens is 2. The van der Waals surface area contributed by atoms with Gasteiger partial charge in [-0.05, 0) is 166 Å². The third-order valence-corrected chi connectivity index (χ3v) is 11.2. The summed E-state index contributed by atoms with van der Waals surface area (Å²) in [6.45, 7) is 10.1. The number of nitrogens with one attached hydrogen (secondary N) is 2. The topological polar surface area (TPSA) is 151 Å². The van der Waals surface area contributed by atoms with E-state index >= 15 is 0 Å². The van der Waals surface area contributed by atoms with E-state index in [9.17, 15) is 19.8 Å². The molecule has 4 aromatic carbocycles. The van der Waals surface area contributed by atoms with Gasteiger partial charge < -0.3 is 38.5 Å². The highest BCUT2D eigenvalue weighted by Gasteiger charge is 2.19. The highest BCUT2D eigenvalue weighted by molar-refractivity contribution is 5.93. The van der Waals surface area contributed by atoms with E-state index in [1.165, 1.54) is 0 Å². The lowest BCUT2D eigenvalue weighted by atomic mass is 9.98. The van der Waals surface area contributed by atoms with Crippen LogP contribution in [0, 0.1) is 27.7 Å². The highest BCUT2D eigenvalue weighted by Crippen LogP contribution is 2.38. The van der Waals surface area contributed by atoms with Crippen molar-refractivity contribution >= 4 is 33.9 Å². The van der Waals surface area contributed by atoms with E-state index in [0.717, 1.165) is 115 Å². The zero-order valence-electron chi connectivity index (χ0n) is 34.0. The fraction of sp³-hybridized carbons (Fsp3) is 0.224. The third-order valence-electron chi connectivity index (χ3n) is 11.2. The van der Waals surface area contributed by atoms with Gasteiger partial charge >= 0.3 is 11.9 Å². The minimum Gasteiger partial charge on any atom is -0.497 e. The van der Waals surface area contributed by atoms with Crippen molar-refractivity contribution in [3.63, 3.8) is 0 Å². The number of H-pyrrole nitrogens is 2. The van der Waals surface area contributed by atoms with Crippen LogP contribution in [0.2, 0.25) is 0 Å². The van der Waals surface area contributed by atoms with E-state index < -0.39 is 11.9 Å². The molecular formula is C49H46N2O8. The van der Waals surface area contributed by atoms with Gasteiger partial charge in [0.05, 0.1) is 41.6 Å². The fourth-order valence-electron chi connectivity index (χ4n) is 7.99. The molecule has 0 amide bonds. The number of hydrogen-bond acceptors (Lipinski definition) is 6. The second-order valence-electron chi connectivity index (χ2n) is 15.2. The van der Waals surface area contributed by atoms with Gasteiger partial charge in [-0.3, -0.25) is 0 Å². The van der Waals surface area contributed by atoms with Crippen LogP contribution < -0.4 is 9.47 Å². The summed E-state index contributed by atoms with van der Waals surface area (Å²) in [6, 6.07) is 27.3. The number of methoxy groups -OCH3 is 1. The minimum atomic E-state index is -0.933. The van der Waals surface area contributed by atoms with Crippen molar-refractivity contribution in [2.75, 3.05) is 13.7 Å². The summed E-state index contributed by atoms with van der Waals surface area (Å²) in [7, 11) is 1.67. The average Bonchev–Trinajstić information content (AvgIpc) is 4.05. The smallest absolute Gasteiger partial charge is 0.335 e. The Bertz CT molecular complexity index is 2900. The Balaban J connectivity index is 0.965. The monoisotopic (exact) mass is 790 g/mol. The zero-order chi connectivity index (χ0) is 41.5. The number of fused-ring (bicyclic) bond motifs is 2. The largest absolute Gasteiger partial charge is 0.497 e. The number of hydrogen-bond donors (Lipinski definition) is 4. The van der Waals surface area contributed by atoms with Crippen LogP contribution in [0.5, 0.6) is 11.5 Å². The Labute approximate surface area is 341 Å². The molecule has 0 fully saturated rings. The molecule has 4 N–H and O–H groups in total. The zero-order valence-corrected chi connectivity index (χ0v) is 34.0. The molecule has 59 heavy (non-hydrogen) atoms. The summed E-state index contributed by atoms with van der Waals surface area (Å²) >= 11 is 0. The standard InChI is InChI=1S/C49H46N2O8/c1-7-30-11-16-43(38-25-45(59-47(30)38)42-15-13-40(51-42)35-19-29(5)37(49(54)55)21-27(35)3)57-17-9-8-10-31-22-33(56-6)23-32-24-44(58-46(31)32)41-14-12-39(50-41)34-18-28(4)36(48(52)53)20-26(34)2/h11-16,18-25,50-51H,7-10,17H2,1-6H3,(H,52,53)(H,54,55). The minimum absolute atomic E-state index is 0.303. The third kappa shape index (κ3) is 7.49. The molecule has 0 aliphatic heterocycles. The van der Waals surface area contributed by atoms with Gasteiger partial charge in [-0.15, -0.1) is 0 Å². The first kappa shape index (κ1) is 38.9. The van der Waals surface area contributed by atoms with Gasteiger partial charge in [-0.1, -0.05) is 13.0 Å². The van der Waals surface area contributed by atoms with Crippen molar-refractivity contribution in [2.24, 2.45) is 0 Å². The Hall–Kier alpha value is -6.94. The number of carboxylic acids is 2. The van der Waals surface area contributed by atoms with Crippen LogP contribution >= 0.6 is 0 Å². The summed E-state index contributed by atoms with van der Waals surface area (Å²) in [6.07, 6.45) is 3.25. The van der Waals surface area contributed by atoms with Gasteiger partial charge in [-0.2, -0.15) is 0 Å². The molecule has 0 unspecified atom stereocenters. The van der Waals surface area contributed by atoms with Gasteiger partial charge in [0.15, 0.2) is 11.5 Å². The fourth-order valence-corrected chi connectivity index (χ4v) is 7.99. The molecule has 4 aromatic heterocycles. The molecular weight excluding hydrogens is 745 g/mol. The number of unbranched alkanes of at least 4 members (excludes halogenated alkanes) is 1. The Morgan fingerprint density at radius 2 is 1.20 bits per heavy atom. The van der Waals surface area contributed by atoms with Crippen molar-refractivity contribution in [1.82, 2.24) is 9.97 Å². The lowest BCUT2D eigenvalue weighted by Crippen LogP contribution is -2.01. The molecule has 4 heterocycles. The highest BCUT2D eigenvalue weighted by atomic mass is 16.5. The quantitative estimate of drug-likeness (QED) is 0.0795. The summed E-state index contributed by atoms with van der Waals surface area (Å²) in [5.74, 6) is 1.06. The molecule has 0 radical (unpaired) electrons. The Morgan fingerprint density at radius 3 is 1.78 bits per heavy atom. The van der Waals surface area contributed by atoms with Crippen LogP contribution in [0.15, 0.2) is 93.8 Å². The number of carboxylic acid groups (broad SMARTS) is 2. The SMILES string of the molecule is CCc1ccc(OCCCCc2cc(OC)cc3cc(-c4ccc(-c5cc(C)c(C(=O)O)cc5C)[nH]4)oc23)c2cc(-c3ccc(-c4cc(C)c(C(=O)O)cc4C)[nH]3)oc12. The van der Waals surface area contributed by atoms with Gasteiger partial charge in [0.2, 0.25) is 0 Å². The number of carbonyl (C=O) groups is 2. The number of rotatable bonds is 14. The number of benzene rings is 4. The maximum Gasteiger partial charge on any atom is 0.335 e. The van der Waals surface area contributed by atoms with Crippen LogP contribution in [0.25, 0.3) is 67.4 Å². The summed E-state index contributed by atoms with van der Waals surface area (Å²) in [4.78, 5) is 30.3. The van der Waals surface area contributed by atoms with Crippen molar-refractivity contribution in [3.8, 4) is 56.9 Å². The normalized spacial score (nSPS) is 11.5. The number of furan rings is 2. The van der Waals surface area contributed by atoms with Crippen LogP contribution in [0.3, 0.4) is 0 Å². The molecule has 10 heteroatoms. The van der Waals surface area contributed by atoms with Crippen molar-refractivity contribution in [3.05, 3.63) is 129 Å². The van der Waals surface area contributed by atoms with Gasteiger partial charge in [0.25, 0.3) is 0 Å². The van der Waals surface area contributed by atoms with Gasteiger partial charge in [0, 0.05) is 27.9 Å². The number of aryl methyl sites for hydroxylation is 6. The number of aromatic amines is 2. The molecule has 0 atom stereocenters. The van der Waals surface area contributed by atoms with E-state index in [1.54, 1.807) is 19.2 Å². The van der Waals surface area contributed by atoms with Crippen LogP contribution in [-0.4, -0.2) is 45.8 Å². The molecule has 0 saturated heterocycles.